The van der Waals surface area contributed by atoms with Crippen LogP contribution in [0.1, 0.15) is 37.3 Å². The fourth-order valence-electron chi connectivity index (χ4n) is 6.42. The molecule has 0 atom stereocenters. The van der Waals surface area contributed by atoms with Crippen molar-refractivity contribution in [1.82, 2.24) is 29.3 Å². The van der Waals surface area contributed by atoms with Gasteiger partial charge in [0.25, 0.3) is 0 Å². The number of anilines is 1. The second-order valence-corrected chi connectivity index (χ2v) is 11.2. The Kier molecular flexibility index (Phi) is 6.10. The molecule has 11 heteroatoms. The van der Waals surface area contributed by atoms with Crippen LogP contribution in [0.5, 0.6) is 0 Å². The second-order valence-electron chi connectivity index (χ2n) is 11.2. The maximum Gasteiger partial charge on any atom is 0.233 e. The van der Waals surface area contributed by atoms with Crippen LogP contribution in [0.2, 0.25) is 0 Å². The lowest BCUT2D eigenvalue weighted by Crippen LogP contribution is -2.60. The molecular weight excluding hydrogens is 510 g/mol. The maximum absolute atomic E-state index is 13.8. The second kappa shape index (κ2) is 9.69. The zero-order chi connectivity index (χ0) is 27.4. The molecule has 0 spiro atoms. The van der Waals surface area contributed by atoms with Gasteiger partial charge in [-0.05, 0) is 49.4 Å². The molecule has 3 fully saturated rings. The SMILES string of the molecule is CN(C(=O)C1(c2cccc(-c3cc(-c4ccnn4C4CCOCC4)c4c(N)ncnn34)c2)CC(O)C1)C1COC1. The van der Waals surface area contributed by atoms with Gasteiger partial charge in [0.05, 0.1) is 48.2 Å². The number of hydrogen-bond donors (Lipinski definition) is 2. The van der Waals surface area contributed by atoms with Crippen molar-refractivity contribution in [2.24, 2.45) is 0 Å². The van der Waals surface area contributed by atoms with Gasteiger partial charge in [0.2, 0.25) is 5.91 Å². The third-order valence-corrected chi connectivity index (χ3v) is 8.84. The predicted molar refractivity (Wildman–Crippen MR) is 147 cm³/mol. The Morgan fingerprint density at radius 2 is 1.90 bits per heavy atom. The fourth-order valence-corrected chi connectivity index (χ4v) is 6.42. The molecule has 11 nitrogen and oxygen atoms in total. The molecule has 40 heavy (non-hydrogen) atoms. The number of nitrogens with two attached hydrogens (primary N) is 1. The molecule has 0 radical (unpaired) electrons. The van der Waals surface area contributed by atoms with Crippen LogP contribution in [-0.2, 0) is 19.7 Å². The summed E-state index contributed by atoms with van der Waals surface area (Å²) in [7, 11) is 1.83. The summed E-state index contributed by atoms with van der Waals surface area (Å²) in [5, 5.41) is 19.6. The van der Waals surface area contributed by atoms with E-state index >= 15 is 0 Å². The van der Waals surface area contributed by atoms with E-state index in [1.807, 2.05) is 42.0 Å². The molecule has 5 heterocycles. The number of fused-ring (bicyclic) bond motifs is 1. The zero-order valence-electron chi connectivity index (χ0n) is 22.4. The molecule has 1 saturated carbocycles. The Labute approximate surface area is 231 Å². The van der Waals surface area contributed by atoms with E-state index < -0.39 is 11.5 Å². The first kappa shape index (κ1) is 25.2. The Morgan fingerprint density at radius 3 is 2.62 bits per heavy atom. The minimum Gasteiger partial charge on any atom is -0.393 e. The predicted octanol–water partition coefficient (Wildman–Crippen LogP) is 2.44. The van der Waals surface area contributed by atoms with Crippen molar-refractivity contribution in [1.29, 1.82) is 0 Å². The third-order valence-electron chi connectivity index (χ3n) is 8.84. The summed E-state index contributed by atoms with van der Waals surface area (Å²) in [4.78, 5) is 19.9. The van der Waals surface area contributed by atoms with Gasteiger partial charge in [-0.1, -0.05) is 18.2 Å². The summed E-state index contributed by atoms with van der Waals surface area (Å²) in [6.07, 6.45) is 5.35. The summed E-state index contributed by atoms with van der Waals surface area (Å²) >= 11 is 0. The summed E-state index contributed by atoms with van der Waals surface area (Å²) in [6.45, 7) is 2.51. The highest BCUT2D eigenvalue weighted by molar-refractivity contribution is 5.92. The van der Waals surface area contributed by atoms with Crippen molar-refractivity contribution < 1.29 is 19.4 Å². The standard InChI is InChI=1S/C29H33N7O4/c1-34(21-15-40-16-21)28(38)29(13-22(37)14-29)19-4-2-3-18(11-19)25-12-23(26-27(30)31-17-33-36(25)26)24-5-8-32-35(24)20-6-9-39-10-7-20/h2-5,8,11-12,17,20-22,37H,6-7,9-10,13-16H2,1H3,(H2,30,31,33). The Morgan fingerprint density at radius 1 is 1.10 bits per heavy atom. The smallest absolute Gasteiger partial charge is 0.233 e. The molecule has 0 bridgehead atoms. The molecule has 2 aliphatic heterocycles. The number of nitrogens with zero attached hydrogens (tertiary/aromatic N) is 6. The molecule has 3 aromatic heterocycles. The van der Waals surface area contributed by atoms with E-state index in [2.05, 4.69) is 32.0 Å². The summed E-state index contributed by atoms with van der Waals surface area (Å²) in [5.41, 5.74) is 10.9. The van der Waals surface area contributed by atoms with Crippen LogP contribution in [0.3, 0.4) is 0 Å². The van der Waals surface area contributed by atoms with Crippen molar-refractivity contribution in [2.45, 2.75) is 49.3 Å². The van der Waals surface area contributed by atoms with Crippen molar-refractivity contribution in [2.75, 3.05) is 39.2 Å². The number of hydrogen-bond acceptors (Lipinski definition) is 8. The van der Waals surface area contributed by atoms with E-state index in [0.717, 1.165) is 40.9 Å². The molecule has 1 aromatic carbocycles. The first-order chi connectivity index (χ1) is 19.5. The first-order valence-corrected chi connectivity index (χ1v) is 13.8. The van der Waals surface area contributed by atoms with E-state index in [4.69, 9.17) is 15.2 Å². The van der Waals surface area contributed by atoms with Crippen LogP contribution in [0.15, 0.2) is 48.9 Å². The highest BCUT2D eigenvalue weighted by Crippen LogP contribution is 2.47. The number of likely N-dealkylation sites (N-methyl/N-ethyl adjacent to an activating group) is 1. The number of aliphatic hydroxyl groups is 1. The number of benzene rings is 1. The topological polar surface area (TPSA) is 133 Å². The summed E-state index contributed by atoms with van der Waals surface area (Å²) in [6, 6.07) is 12.4. The lowest BCUT2D eigenvalue weighted by atomic mass is 9.61. The average Bonchev–Trinajstić information content (AvgIpc) is 3.56. The van der Waals surface area contributed by atoms with Gasteiger partial charge in [0.15, 0.2) is 5.82 Å². The largest absolute Gasteiger partial charge is 0.393 e. The summed E-state index contributed by atoms with van der Waals surface area (Å²) < 4.78 is 14.8. The molecule has 1 aliphatic carbocycles. The minimum absolute atomic E-state index is 0.0240. The normalized spacial score (nSPS) is 23.6. The van der Waals surface area contributed by atoms with E-state index in [1.54, 1.807) is 4.90 Å². The van der Waals surface area contributed by atoms with Gasteiger partial charge in [0, 0.05) is 37.6 Å². The number of ether oxygens (including phenoxy) is 2. The number of aliphatic hydroxyl groups excluding tert-OH is 1. The maximum atomic E-state index is 13.8. The lowest BCUT2D eigenvalue weighted by molar-refractivity contribution is -0.156. The number of carbonyl (C=O) groups is 1. The number of rotatable bonds is 6. The van der Waals surface area contributed by atoms with Crippen molar-refractivity contribution >= 4 is 17.2 Å². The molecule has 3 aliphatic rings. The van der Waals surface area contributed by atoms with Crippen LogP contribution < -0.4 is 5.73 Å². The highest BCUT2D eigenvalue weighted by Gasteiger charge is 2.53. The van der Waals surface area contributed by atoms with E-state index in [0.29, 0.717) is 50.6 Å². The molecule has 4 aromatic rings. The van der Waals surface area contributed by atoms with Gasteiger partial charge in [-0.25, -0.2) is 9.50 Å². The van der Waals surface area contributed by atoms with Crippen LogP contribution >= 0.6 is 0 Å². The van der Waals surface area contributed by atoms with Gasteiger partial charge in [-0.3, -0.25) is 9.48 Å². The minimum atomic E-state index is -0.772. The van der Waals surface area contributed by atoms with E-state index in [-0.39, 0.29) is 18.0 Å². The number of aromatic nitrogens is 5. The average molecular weight is 544 g/mol. The van der Waals surface area contributed by atoms with Crippen LogP contribution in [-0.4, -0.2) is 85.9 Å². The Hall–Kier alpha value is -3.80. The molecule has 3 N–H and O–H groups in total. The molecule has 0 unspecified atom stereocenters. The molecular formula is C29H33N7O4. The highest BCUT2D eigenvalue weighted by atomic mass is 16.5. The van der Waals surface area contributed by atoms with E-state index in [9.17, 15) is 9.90 Å². The number of amides is 1. The Bertz CT molecular complexity index is 1560. The van der Waals surface area contributed by atoms with Gasteiger partial charge in [0.1, 0.15) is 11.8 Å². The third kappa shape index (κ3) is 3.91. The van der Waals surface area contributed by atoms with Crippen molar-refractivity contribution in [3.8, 4) is 22.5 Å². The lowest BCUT2D eigenvalue weighted by Gasteiger charge is -2.48. The van der Waals surface area contributed by atoms with Gasteiger partial charge < -0.3 is 25.2 Å². The van der Waals surface area contributed by atoms with Crippen LogP contribution in [0.25, 0.3) is 28.0 Å². The summed E-state index contributed by atoms with van der Waals surface area (Å²) in [5.74, 6) is 0.404. The van der Waals surface area contributed by atoms with E-state index in [1.165, 1.54) is 6.33 Å². The van der Waals surface area contributed by atoms with Crippen molar-refractivity contribution in [3.05, 3.63) is 54.5 Å². The zero-order valence-corrected chi connectivity index (χ0v) is 22.4. The first-order valence-electron chi connectivity index (χ1n) is 13.8. The number of nitrogen functional groups attached to an aromatic ring is 1. The molecule has 7 rings (SSSR count). The monoisotopic (exact) mass is 543 g/mol. The fraction of sp³-hybridized carbons (Fsp3) is 0.448. The number of carbonyl (C=O) groups excluding carboxylic acids is 1. The molecule has 2 saturated heterocycles. The molecule has 1 amide bonds. The van der Waals surface area contributed by atoms with Crippen LogP contribution in [0, 0.1) is 0 Å². The quantitative estimate of drug-likeness (QED) is 0.379. The van der Waals surface area contributed by atoms with Gasteiger partial charge in [-0.2, -0.15) is 10.2 Å². The van der Waals surface area contributed by atoms with Crippen LogP contribution in [0.4, 0.5) is 5.82 Å². The van der Waals surface area contributed by atoms with Gasteiger partial charge in [-0.15, -0.1) is 0 Å². The Balaban J connectivity index is 1.32. The van der Waals surface area contributed by atoms with Crippen molar-refractivity contribution in [3.63, 3.8) is 0 Å². The van der Waals surface area contributed by atoms with Gasteiger partial charge >= 0.3 is 0 Å². The molecule has 208 valence electrons.